The summed E-state index contributed by atoms with van der Waals surface area (Å²) >= 11 is 0. The summed E-state index contributed by atoms with van der Waals surface area (Å²) in [7, 11) is 0. The van der Waals surface area contributed by atoms with Crippen LogP contribution in [0.25, 0.3) is 0 Å². The highest BCUT2D eigenvalue weighted by atomic mass is 16.5. The van der Waals surface area contributed by atoms with E-state index in [1.54, 1.807) is 6.92 Å². The van der Waals surface area contributed by atoms with Gasteiger partial charge in [-0.25, -0.2) is 0 Å². The van der Waals surface area contributed by atoms with Crippen LogP contribution in [0.5, 0.6) is 0 Å². The summed E-state index contributed by atoms with van der Waals surface area (Å²) in [5, 5.41) is 0. The number of piperidine rings is 1. The number of hydrogen-bond acceptors (Lipinski definition) is 3. The van der Waals surface area contributed by atoms with E-state index in [1.165, 1.54) is 5.56 Å². The summed E-state index contributed by atoms with van der Waals surface area (Å²) in [4.78, 5) is 16.0. The number of morpholine rings is 1. The van der Waals surface area contributed by atoms with Crippen molar-refractivity contribution in [3.05, 3.63) is 35.9 Å². The van der Waals surface area contributed by atoms with E-state index in [4.69, 9.17) is 4.74 Å². The van der Waals surface area contributed by atoms with Crippen molar-refractivity contribution in [1.29, 1.82) is 0 Å². The van der Waals surface area contributed by atoms with Gasteiger partial charge in [-0.05, 0) is 25.3 Å². The summed E-state index contributed by atoms with van der Waals surface area (Å²) in [6.07, 6.45) is 2.14. The predicted molar refractivity (Wildman–Crippen MR) is 86.5 cm³/mol. The number of nitrogens with zero attached hydrogens (tertiary/aromatic N) is 2. The Morgan fingerprint density at radius 3 is 2.59 bits per heavy atom. The van der Waals surface area contributed by atoms with Crippen LogP contribution in [0, 0.1) is 0 Å². The van der Waals surface area contributed by atoms with Gasteiger partial charge in [0.2, 0.25) is 5.91 Å². The molecule has 0 N–H and O–H groups in total. The van der Waals surface area contributed by atoms with Gasteiger partial charge < -0.3 is 9.64 Å². The molecule has 0 aliphatic carbocycles. The van der Waals surface area contributed by atoms with Crippen molar-refractivity contribution < 1.29 is 9.53 Å². The fourth-order valence-electron chi connectivity index (χ4n) is 3.80. The second kappa shape index (κ2) is 6.39. The maximum Gasteiger partial charge on any atom is 0.219 e. The van der Waals surface area contributed by atoms with E-state index in [0.29, 0.717) is 0 Å². The summed E-state index contributed by atoms with van der Waals surface area (Å²) in [5.41, 5.74) is 1.28. The highest BCUT2D eigenvalue weighted by molar-refractivity contribution is 5.73. The van der Waals surface area contributed by atoms with Crippen molar-refractivity contribution in [2.45, 2.75) is 44.9 Å². The molecule has 1 unspecified atom stereocenters. The minimum Gasteiger partial charge on any atom is -0.369 e. The molecule has 2 heterocycles. The van der Waals surface area contributed by atoms with Crippen LogP contribution in [0.4, 0.5) is 0 Å². The van der Waals surface area contributed by atoms with Crippen LogP contribution in [0.15, 0.2) is 30.3 Å². The van der Waals surface area contributed by atoms with Crippen LogP contribution in [0.3, 0.4) is 0 Å². The second-order valence-electron chi connectivity index (χ2n) is 6.77. The van der Waals surface area contributed by atoms with Gasteiger partial charge in [0.15, 0.2) is 0 Å². The van der Waals surface area contributed by atoms with Crippen LogP contribution in [-0.4, -0.2) is 53.6 Å². The van der Waals surface area contributed by atoms with Crippen LogP contribution in [-0.2, 0) is 16.1 Å². The number of likely N-dealkylation sites (tertiary alicyclic amines) is 1. The first-order chi connectivity index (χ1) is 10.6. The summed E-state index contributed by atoms with van der Waals surface area (Å²) in [5.74, 6) is 0.180. The van der Waals surface area contributed by atoms with Crippen molar-refractivity contribution in [1.82, 2.24) is 9.80 Å². The lowest BCUT2D eigenvalue weighted by molar-refractivity contribution is -0.174. The Hall–Kier alpha value is -1.39. The maximum absolute atomic E-state index is 11.5. The van der Waals surface area contributed by atoms with E-state index in [2.05, 4.69) is 42.2 Å². The standard InChI is InChI=1S/C18H26N2O2/c1-15-12-19(13-17-6-4-3-5-7-17)14-18(22-15)8-10-20(11-9-18)16(2)21/h3-7,15H,8-14H2,1-2H3. The van der Waals surface area contributed by atoms with E-state index in [-0.39, 0.29) is 17.6 Å². The molecule has 120 valence electrons. The Balaban J connectivity index is 1.65. The molecule has 1 aromatic carbocycles. The van der Waals surface area contributed by atoms with E-state index in [1.807, 2.05) is 4.90 Å². The lowest BCUT2D eigenvalue weighted by atomic mass is 9.88. The average molecular weight is 302 g/mol. The Morgan fingerprint density at radius 1 is 1.27 bits per heavy atom. The minimum absolute atomic E-state index is 0.0710. The first-order valence-corrected chi connectivity index (χ1v) is 8.26. The molecule has 2 saturated heterocycles. The van der Waals surface area contributed by atoms with Crippen molar-refractivity contribution in [2.75, 3.05) is 26.2 Å². The summed E-state index contributed by atoms with van der Waals surface area (Å²) in [6.45, 7) is 8.39. The monoisotopic (exact) mass is 302 g/mol. The Bertz CT molecular complexity index is 509. The van der Waals surface area contributed by atoms with Gasteiger partial charge in [0.05, 0.1) is 11.7 Å². The number of benzene rings is 1. The molecule has 0 aromatic heterocycles. The Morgan fingerprint density at radius 2 is 1.95 bits per heavy atom. The molecule has 4 heteroatoms. The topological polar surface area (TPSA) is 32.8 Å². The smallest absolute Gasteiger partial charge is 0.219 e. The van der Waals surface area contributed by atoms with Crippen LogP contribution >= 0.6 is 0 Å². The molecular weight excluding hydrogens is 276 g/mol. The number of ether oxygens (including phenoxy) is 1. The number of amides is 1. The fourth-order valence-corrected chi connectivity index (χ4v) is 3.80. The van der Waals surface area contributed by atoms with Gasteiger partial charge in [0, 0.05) is 39.6 Å². The van der Waals surface area contributed by atoms with Crippen LogP contribution < -0.4 is 0 Å². The zero-order valence-corrected chi connectivity index (χ0v) is 13.6. The van der Waals surface area contributed by atoms with E-state index in [9.17, 15) is 4.79 Å². The van der Waals surface area contributed by atoms with Gasteiger partial charge in [-0.1, -0.05) is 30.3 Å². The molecule has 0 radical (unpaired) electrons. The van der Waals surface area contributed by atoms with Crippen LogP contribution in [0.1, 0.15) is 32.3 Å². The third kappa shape index (κ3) is 3.50. The van der Waals surface area contributed by atoms with Crippen molar-refractivity contribution in [3.63, 3.8) is 0 Å². The lowest BCUT2D eigenvalue weighted by Gasteiger charge is -2.49. The molecule has 22 heavy (non-hydrogen) atoms. The van der Waals surface area contributed by atoms with Gasteiger partial charge in [-0.15, -0.1) is 0 Å². The third-order valence-electron chi connectivity index (χ3n) is 4.85. The van der Waals surface area contributed by atoms with Gasteiger partial charge in [0.25, 0.3) is 0 Å². The number of rotatable bonds is 2. The van der Waals surface area contributed by atoms with E-state index < -0.39 is 0 Å². The number of hydrogen-bond donors (Lipinski definition) is 0. The molecule has 2 aliphatic heterocycles. The minimum atomic E-state index is -0.0710. The van der Waals surface area contributed by atoms with E-state index >= 15 is 0 Å². The largest absolute Gasteiger partial charge is 0.369 e. The normalized spacial score (nSPS) is 25.4. The quantitative estimate of drug-likeness (QED) is 0.840. The van der Waals surface area contributed by atoms with Gasteiger partial charge in [-0.2, -0.15) is 0 Å². The molecule has 3 rings (SSSR count). The van der Waals surface area contributed by atoms with Crippen molar-refractivity contribution in [2.24, 2.45) is 0 Å². The van der Waals surface area contributed by atoms with Crippen molar-refractivity contribution >= 4 is 5.91 Å². The van der Waals surface area contributed by atoms with Gasteiger partial charge >= 0.3 is 0 Å². The first-order valence-electron chi connectivity index (χ1n) is 8.26. The molecule has 2 fully saturated rings. The summed E-state index contributed by atoms with van der Waals surface area (Å²) in [6, 6.07) is 10.6. The zero-order chi connectivity index (χ0) is 15.6. The van der Waals surface area contributed by atoms with Crippen LogP contribution in [0.2, 0.25) is 0 Å². The SMILES string of the molecule is CC(=O)N1CCC2(CC1)CN(Cc1ccccc1)CC(C)O2. The molecule has 1 amide bonds. The summed E-state index contributed by atoms with van der Waals surface area (Å²) < 4.78 is 6.33. The Labute approximate surface area is 133 Å². The first kappa shape index (κ1) is 15.5. The lowest BCUT2D eigenvalue weighted by Crippen LogP contribution is -2.59. The highest BCUT2D eigenvalue weighted by Gasteiger charge is 2.42. The molecule has 1 spiro atoms. The average Bonchev–Trinajstić information content (AvgIpc) is 2.48. The molecule has 2 aliphatic rings. The third-order valence-corrected chi connectivity index (χ3v) is 4.85. The van der Waals surface area contributed by atoms with Gasteiger partial charge in [-0.3, -0.25) is 9.69 Å². The number of carbonyl (C=O) groups excluding carboxylic acids is 1. The molecule has 1 atom stereocenters. The zero-order valence-electron chi connectivity index (χ0n) is 13.6. The maximum atomic E-state index is 11.5. The second-order valence-corrected chi connectivity index (χ2v) is 6.77. The molecule has 0 saturated carbocycles. The molecule has 0 bridgehead atoms. The van der Waals surface area contributed by atoms with E-state index in [0.717, 1.165) is 45.6 Å². The molecule has 1 aromatic rings. The molecular formula is C18H26N2O2. The predicted octanol–water partition coefficient (Wildman–Crippen LogP) is 2.29. The van der Waals surface area contributed by atoms with Crippen molar-refractivity contribution in [3.8, 4) is 0 Å². The molecule has 4 nitrogen and oxygen atoms in total. The number of carbonyl (C=O) groups is 1. The fraction of sp³-hybridized carbons (Fsp3) is 0.611. The highest BCUT2D eigenvalue weighted by Crippen LogP contribution is 2.32. The Kier molecular flexibility index (Phi) is 4.50. The van der Waals surface area contributed by atoms with Gasteiger partial charge in [0.1, 0.15) is 0 Å².